The predicted molar refractivity (Wildman–Crippen MR) is 105 cm³/mol. The Kier molecular flexibility index (Phi) is 3.90. The molecule has 0 aliphatic carbocycles. The number of hydrogen-bond donors (Lipinski definition) is 2. The van der Waals surface area contributed by atoms with Crippen molar-refractivity contribution in [1.82, 2.24) is 9.97 Å². The molecule has 0 aliphatic rings. The quantitative estimate of drug-likeness (QED) is 0.422. The molecule has 26 heavy (non-hydrogen) atoms. The number of halogens is 2. The van der Waals surface area contributed by atoms with E-state index in [1.807, 2.05) is 31.2 Å². The number of nitrogens with one attached hydrogen (secondary N) is 1. The van der Waals surface area contributed by atoms with E-state index in [0.717, 1.165) is 22.1 Å². The smallest absolute Gasteiger partial charge is 0.162 e. The molecule has 0 aliphatic heterocycles. The van der Waals surface area contributed by atoms with Crippen LogP contribution in [-0.2, 0) is 0 Å². The van der Waals surface area contributed by atoms with Crippen molar-refractivity contribution in [3.8, 4) is 17.0 Å². The summed E-state index contributed by atoms with van der Waals surface area (Å²) in [6, 6.07) is 10.7. The minimum Gasteiger partial charge on any atom is -0.506 e. The van der Waals surface area contributed by atoms with Gasteiger partial charge in [0.2, 0.25) is 0 Å². The zero-order valence-corrected chi connectivity index (χ0v) is 15.5. The fraction of sp³-hybridized carbons (Fsp3) is 0.100. The van der Waals surface area contributed by atoms with Gasteiger partial charge in [-0.2, -0.15) is 0 Å². The second-order valence-electron chi connectivity index (χ2n) is 6.19. The van der Waals surface area contributed by atoms with Gasteiger partial charge in [0.15, 0.2) is 5.78 Å². The molecule has 0 unspecified atom stereocenters. The number of carbonyl (C=O) groups excluding carboxylic acids is 1. The van der Waals surface area contributed by atoms with Crippen LogP contribution in [0, 0.1) is 6.92 Å². The highest BCUT2D eigenvalue weighted by molar-refractivity contribution is 6.36. The summed E-state index contributed by atoms with van der Waals surface area (Å²) in [5.41, 5.74) is 3.68. The summed E-state index contributed by atoms with van der Waals surface area (Å²) in [5, 5.41) is 12.6. The van der Waals surface area contributed by atoms with Crippen molar-refractivity contribution in [3.05, 3.63) is 57.7 Å². The van der Waals surface area contributed by atoms with Crippen LogP contribution in [0.4, 0.5) is 0 Å². The number of aryl methyl sites for hydroxylation is 1. The van der Waals surface area contributed by atoms with Crippen LogP contribution in [0.1, 0.15) is 23.0 Å². The Labute approximate surface area is 159 Å². The van der Waals surface area contributed by atoms with Crippen LogP contribution in [0.3, 0.4) is 0 Å². The molecule has 0 radical (unpaired) electrons. The van der Waals surface area contributed by atoms with Gasteiger partial charge in [-0.1, -0.05) is 41.4 Å². The first kappa shape index (κ1) is 16.9. The number of benzene rings is 2. The molecule has 0 atom stereocenters. The number of nitrogens with zero attached hydrogens (tertiary/aromatic N) is 1. The molecule has 6 heteroatoms. The van der Waals surface area contributed by atoms with E-state index in [2.05, 4.69) is 4.98 Å². The summed E-state index contributed by atoms with van der Waals surface area (Å²) < 4.78 is 0. The van der Waals surface area contributed by atoms with Crippen molar-refractivity contribution in [2.45, 2.75) is 13.8 Å². The molecule has 2 aromatic carbocycles. The van der Waals surface area contributed by atoms with Gasteiger partial charge >= 0.3 is 0 Å². The summed E-state index contributed by atoms with van der Waals surface area (Å²) in [4.78, 5) is 20.3. The molecule has 130 valence electrons. The first-order chi connectivity index (χ1) is 12.4. The fourth-order valence-electron chi connectivity index (χ4n) is 3.40. The van der Waals surface area contributed by atoms with E-state index in [1.165, 1.54) is 13.0 Å². The lowest BCUT2D eigenvalue weighted by Gasteiger charge is -2.11. The first-order valence-electron chi connectivity index (χ1n) is 7.98. The number of pyridine rings is 1. The lowest BCUT2D eigenvalue weighted by Crippen LogP contribution is -1.96. The number of aromatic hydroxyl groups is 1. The molecular weight excluding hydrogens is 371 g/mol. The van der Waals surface area contributed by atoms with Crippen molar-refractivity contribution in [3.63, 3.8) is 0 Å². The number of para-hydroxylation sites is 1. The molecule has 0 saturated carbocycles. The van der Waals surface area contributed by atoms with Crippen molar-refractivity contribution < 1.29 is 9.90 Å². The zero-order chi connectivity index (χ0) is 18.6. The third-order valence-electron chi connectivity index (χ3n) is 4.47. The minimum atomic E-state index is -0.117. The van der Waals surface area contributed by atoms with Gasteiger partial charge in [0.25, 0.3) is 0 Å². The monoisotopic (exact) mass is 384 g/mol. The van der Waals surface area contributed by atoms with Gasteiger partial charge in [-0.3, -0.25) is 4.79 Å². The zero-order valence-electron chi connectivity index (χ0n) is 14.0. The number of H-pyrrole nitrogens is 1. The molecular formula is C20H14Cl2N2O2. The second kappa shape index (κ2) is 6.01. The van der Waals surface area contributed by atoms with E-state index in [9.17, 15) is 9.90 Å². The van der Waals surface area contributed by atoms with Crippen molar-refractivity contribution in [2.75, 3.05) is 0 Å². The minimum absolute atomic E-state index is 0.0836. The van der Waals surface area contributed by atoms with E-state index in [1.54, 1.807) is 6.07 Å². The molecule has 2 aromatic heterocycles. The Morgan fingerprint density at radius 1 is 1.19 bits per heavy atom. The van der Waals surface area contributed by atoms with E-state index in [-0.39, 0.29) is 16.6 Å². The number of phenols is 1. The van der Waals surface area contributed by atoms with Crippen LogP contribution < -0.4 is 0 Å². The van der Waals surface area contributed by atoms with E-state index < -0.39 is 0 Å². The summed E-state index contributed by atoms with van der Waals surface area (Å²) in [6.07, 6.45) is 0. The van der Waals surface area contributed by atoms with Crippen LogP contribution in [0.25, 0.3) is 33.1 Å². The van der Waals surface area contributed by atoms with Gasteiger partial charge in [-0.25, -0.2) is 4.98 Å². The molecule has 0 saturated heterocycles. The van der Waals surface area contributed by atoms with E-state index >= 15 is 0 Å². The molecule has 4 nitrogen and oxygen atoms in total. The molecule has 0 amide bonds. The number of fused-ring (bicyclic) bond motifs is 3. The maximum absolute atomic E-state index is 12.3. The van der Waals surface area contributed by atoms with Gasteiger partial charge in [-0.15, -0.1) is 0 Å². The average molecular weight is 385 g/mol. The van der Waals surface area contributed by atoms with Crippen LogP contribution >= 0.6 is 23.2 Å². The summed E-state index contributed by atoms with van der Waals surface area (Å²) in [5.74, 6) is -0.201. The third-order valence-corrected chi connectivity index (χ3v) is 4.97. The second-order valence-corrected chi connectivity index (χ2v) is 7.04. The van der Waals surface area contributed by atoms with Gasteiger partial charge in [0.05, 0.1) is 21.7 Å². The maximum Gasteiger partial charge on any atom is 0.162 e. The largest absolute Gasteiger partial charge is 0.506 e. The van der Waals surface area contributed by atoms with Crippen LogP contribution in [0.15, 0.2) is 36.4 Å². The van der Waals surface area contributed by atoms with Gasteiger partial charge in [0.1, 0.15) is 5.75 Å². The summed E-state index contributed by atoms with van der Waals surface area (Å²) >= 11 is 12.3. The standard InChI is InChI=1S/C20H14Cl2N2O2/c1-9-16(10(2)25)17-18(23-9)12-5-3-4-6-15(12)24-19(17)13-7-11(21)8-14(22)20(13)26/h3-8,23,26H,1-2H3. The Morgan fingerprint density at radius 2 is 1.92 bits per heavy atom. The molecule has 2 N–H and O–H groups in total. The van der Waals surface area contributed by atoms with Crippen LogP contribution in [0.2, 0.25) is 10.0 Å². The Morgan fingerprint density at radius 3 is 2.65 bits per heavy atom. The highest BCUT2D eigenvalue weighted by atomic mass is 35.5. The number of phenolic OH excluding ortho intramolecular Hbond substituents is 1. The number of aromatic amines is 1. The van der Waals surface area contributed by atoms with Crippen molar-refractivity contribution in [2.24, 2.45) is 0 Å². The number of hydrogen-bond acceptors (Lipinski definition) is 3. The van der Waals surface area contributed by atoms with Crippen molar-refractivity contribution >= 4 is 50.8 Å². The molecule has 0 bridgehead atoms. The third kappa shape index (κ3) is 2.45. The summed E-state index contributed by atoms with van der Waals surface area (Å²) in [7, 11) is 0. The van der Waals surface area contributed by atoms with Gasteiger partial charge < -0.3 is 10.1 Å². The normalized spacial score (nSPS) is 11.4. The number of aromatic nitrogens is 2. The number of rotatable bonds is 2. The SMILES string of the molecule is CC(=O)c1c(C)[nH]c2c1c(-c1cc(Cl)cc(Cl)c1O)nc1ccccc12. The van der Waals surface area contributed by atoms with Gasteiger partial charge in [-0.05, 0) is 32.0 Å². The lowest BCUT2D eigenvalue weighted by atomic mass is 9.99. The van der Waals surface area contributed by atoms with E-state index in [0.29, 0.717) is 27.2 Å². The Bertz CT molecular complexity index is 1210. The first-order valence-corrected chi connectivity index (χ1v) is 8.74. The predicted octanol–water partition coefficient (Wildman–Crippen LogP) is 5.91. The molecule has 2 heterocycles. The average Bonchev–Trinajstić information content (AvgIpc) is 2.95. The highest BCUT2D eigenvalue weighted by Gasteiger charge is 2.22. The van der Waals surface area contributed by atoms with Crippen LogP contribution in [-0.4, -0.2) is 20.9 Å². The Hall–Kier alpha value is -2.56. The van der Waals surface area contributed by atoms with E-state index in [4.69, 9.17) is 28.2 Å². The molecule has 4 rings (SSSR count). The number of Topliss-reactive ketones (excluding diaryl/α,β-unsaturated/α-hetero) is 1. The lowest BCUT2D eigenvalue weighted by molar-refractivity contribution is 0.101. The topological polar surface area (TPSA) is 66.0 Å². The number of carbonyl (C=O) groups is 1. The maximum atomic E-state index is 12.3. The molecule has 4 aromatic rings. The Balaban J connectivity index is 2.26. The van der Waals surface area contributed by atoms with Gasteiger partial charge in [0, 0.05) is 32.6 Å². The number of ketones is 1. The highest BCUT2D eigenvalue weighted by Crippen LogP contribution is 2.42. The van der Waals surface area contributed by atoms with Crippen LogP contribution in [0.5, 0.6) is 5.75 Å². The fourth-order valence-corrected chi connectivity index (χ4v) is 3.90. The molecule has 0 fully saturated rings. The summed E-state index contributed by atoms with van der Waals surface area (Å²) in [6.45, 7) is 3.36. The van der Waals surface area contributed by atoms with Crippen molar-refractivity contribution in [1.29, 1.82) is 0 Å². The molecule has 0 spiro atoms.